The molecule has 0 spiro atoms. The number of hydrogen-bond acceptors (Lipinski definition) is 1. The minimum Gasteiger partial charge on any atom is -0.295 e. The number of carbonyl (C=O) groups is 1. The molecule has 0 radical (unpaired) electrons. The number of hydrogen-bond donors (Lipinski definition) is 0. The number of carbonyl (C=O) groups excluding carboxylic acids is 1. The monoisotopic (exact) mass is 208 g/mol. The first-order valence-electron chi connectivity index (χ1n) is 6.19. The van der Waals surface area contributed by atoms with Gasteiger partial charge in [0.2, 0.25) is 0 Å². The van der Waals surface area contributed by atoms with E-state index in [0.29, 0.717) is 11.7 Å². The van der Waals surface area contributed by atoms with E-state index in [1.807, 2.05) is 13.0 Å². The van der Waals surface area contributed by atoms with Gasteiger partial charge in [-0.1, -0.05) is 39.7 Å². The third-order valence-corrected chi connectivity index (χ3v) is 3.87. The highest BCUT2D eigenvalue weighted by Crippen LogP contribution is 2.45. The Morgan fingerprint density at radius 2 is 2.13 bits per heavy atom. The average Bonchev–Trinajstić information content (AvgIpc) is 2.16. The fourth-order valence-electron chi connectivity index (χ4n) is 3.11. The topological polar surface area (TPSA) is 17.1 Å². The molecular formula is C14H24O. The molecule has 0 aliphatic heterocycles. The van der Waals surface area contributed by atoms with Crippen LogP contribution in [0.4, 0.5) is 0 Å². The molecule has 1 aliphatic rings. The molecule has 15 heavy (non-hydrogen) atoms. The first kappa shape index (κ1) is 12.5. The quantitative estimate of drug-likeness (QED) is 0.641. The van der Waals surface area contributed by atoms with Gasteiger partial charge in [-0.05, 0) is 37.2 Å². The molecule has 86 valence electrons. The summed E-state index contributed by atoms with van der Waals surface area (Å²) in [6, 6.07) is 0. The summed E-state index contributed by atoms with van der Waals surface area (Å²) in [5.74, 6) is 1.18. The predicted octanol–water partition coefficient (Wildman–Crippen LogP) is 3.98. The van der Waals surface area contributed by atoms with E-state index in [1.165, 1.54) is 19.3 Å². The molecule has 0 unspecified atom stereocenters. The largest absolute Gasteiger partial charge is 0.295 e. The van der Waals surface area contributed by atoms with Gasteiger partial charge in [-0.25, -0.2) is 0 Å². The summed E-state index contributed by atoms with van der Waals surface area (Å²) in [6.45, 7) is 8.64. The molecule has 1 rings (SSSR count). The Kier molecular flexibility index (Phi) is 4.12. The van der Waals surface area contributed by atoms with Gasteiger partial charge in [-0.3, -0.25) is 4.79 Å². The molecule has 1 aliphatic carbocycles. The van der Waals surface area contributed by atoms with Gasteiger partial charge in [-0.15, -0.1) is 0 Å². The van der Waals surface area contributed by atoms with E-state index in [1.54, 1.807) is 6.08 Å². The van der Waals surface area contributed by atoms with Crippen LogP contribution in [-0.4, -0.2) is 5.78 Å². The molecule has 0 aromatic carbocycles. The normalized spacial score (nSPS) is 30.7. The summed E-state index contributed by atoms with van der Waals surface area (Å²) in [6.07, 6.45) is 8.48. The van der Waals surface area contributed by atoms with Crippen molar-refractivity contribution in [1.29, 1.82) is 0 Å². The zero-order valence-electron chi connectivity index (χ0n) is 10.5. The van der Waals surface area contributed by atoms with Crippen molar-refractivity contribution in [2.75, 3.05) is 0 Å². The minimum absolute atomic E-state index is 0.190. The van der Waals surface area contributed by atoms with Gasteiger partial charge in [0.15, 0.2) is 5.78 Å². The average molecular weight is 208 g/mol. The van der Waals surface area contributed by atoms with Crippen molar-refractivity contribution in [3.63, 3.8) is 0 Å². The summed E-state index contributed by atoms with van der Waals surface area (Å²) in [7, 11) is 0. The molecule has 0 heterocycles. The molecule has 2 atom stereocenters. The molecule has 1 nitrogen and oxygen atoms in total. The maximum absolute atomic E-state index is 12.1. The van der Waals surface area contributed by atoms with Crippen LogP contribution in [0.15, 0.2) is 12.2 Å². The number of allylic oxidation sites excluding steroid dienone is 2. The first-order valence-corrected chi connectivity index (χ1v) is 6.19. The second-order valence-corrected chi connectivity index (χ2v) is 5.43. The molecule has 0 aromatic heterocycles. The Morgan fingerprint density at radius 1 is 1.47 bits per heavy atom. The van der Waals surface area contributed by atoms with E-state index in [9.17, 15) is 4.79 Å². The van der Waals surface area contributed by atoms with Crippen molar-refractivity contribution in [2.45, 2.75) is 53.4 Å². The standard InChI is InChI=1S/C14H24O/c1-5-8-12(15)13-11(6-2)9-7-10-14(13,3)4/h5,8,11,13H,6-7,9-10H2,1-4H3/b8-5-/t11-,13-/m1/s1. The van der Waals surface area contributed by atoms with Crippen molar-refractivity contribution in [3.05, 3.63) is 12.2 Å². The molecule has 0 aromatic rings. The first-order chi connectivity index (χ1) is 7.03. The van der Waals surface area contributed by atoms with Crippen molar-refractivity contribution in [2.24, 2.45) is 17.3 Å². The van der Waals surface area contributed by atoms with E-state index in [0.717, 1.165) is 6.42 Å². The zero-order chi connectivity index (χ0) is 11.5. The Bertz CT molecular complexity index is 250. The maximum Gasteiger partial charge on any atom is 0.159 e. The van der Waals surface area contributed by atoms with Crippen LogP contribution >= 0.6 is 0 Å². The summed E-state index contributed by atoms with van der Waals surface area (Å²) in [5, 5.41) is 0. The van der Waals surface area contributed by atoms with Gasteiger partial charge in [0.05, 0.1) is 0 Å². The molecule has 1 saturated carbocycles. The lowest BCUT2D eigenvalue weighted by Crippen LogP contribution is -2.39. The van der Waals surface area contributed by atoms with Crippen LogP contribution < -0.4 is 0 Å². The third kappa shape index (κ3) is 2.70. The maximum atomic E-state index is 12.1. The van der Waals surface area contributed by atoms with Gasteiger partial charge in [-0.2, -0.15) is 0 Å². The SMILES string of the molecule is C/C=C\C(=O)[C@H]1[C@H](CC)CCCC1(C)C. The van der Waals surface area contributed by atoms with Crippen LogP contribution in [0.2, 0.25) is 0 Å². The Labute approximate surface area is 93.9 Å². The lowest BCUT2D eigenvalue weighted by Gasteiger charge is -2.42. The van der Waals surface area contributed by atoms with Crippen LogP contribution in [0.25, 0.3) is 0 Å². The van der Waals surface area contributed by atoms with E-state index < -0.39 is 0 Å². The third-order valence-electron chi connectivity index (χ3n) is 3.87. The highest BCUT2D eigenvalue weighted by molar-refractivity contribution is 5.92. The Hall–Kier alpha value is -0.590. The van der Waals surface area contributed by atoms with E-state index in [2.05, 4.69) is 20.8 Å². The van der Waals surface area contributed by atoms with Crippen molar-refractivity contribution in [3.8, 4) is 0 Å². The van der Waals surface area contributed by atoms with Crippen LogP contribution in [-0.2, 0) is 4.79 Å². The van der Waals surface area contributed by atoms with E-state index in [-0.39, 0.29) is 11.3 Å². The van der Waals surface area contributed by atoms with Crippen LogP contribution in [0, 0.1) is 17.3 Å². The summed E-state index contributed by atoms with van der Waals surface area (Å²) in [4.78, 5) is 12.1. The highest BCUT2D eigenvalue weighted by Gasteiger charge is 2.41. The number of rotatable bonds is 3. The minimum atomic E-state index is 0.190. The van der Waals surface area contributed by atoms with Crippen molar-refractivity contribution >= 4 is 5.78 Å². The van der Waals surface area contributed by atoms with Gasteiger partial charge in [0.1, 0.15) is 0 Å². The van der Waals surface area contributed by atoms with Gasteiger partial charge < -0.3 is 0 Å². The lowest BCUT2D eigenvalue weighted by molar-refractivity contribution is -0.126. The van der Waals surface area contributed by atoms with Crippen LogP contribution in [0.3, 0.4) is 0 Å². The lowest BCUT2D eigenvalue weighted by atomic mass is 9.61. The van der Waals surface area contributed by atoms with Crippen molar-refractivity contribution < 1.29 is 4.79 Å². The molecular weight excluding hydrogens is 184 g/mol. The van der Waals surface area contributed by atoms with Crippen molar-refractivity contribution in [1.82, 2.24) is 0 Å². The molecule has 1 heteroatoms. The molecule has 1 fully saturated rings. The Balaban J connectivity index is 2.89. The fourth-order valence-corrected chi connectivity index (χ4v) is 3.11. The molecule has 0 bridgehead atoms. The summed E-state index contributed by atoms with van der Waals surface area (Å²) in [5.41, 5.74) is 0.190. The second-order valence-electron chi connectivity index (χ2n) is 5.43. The molecule has 0 saturated heterocycles. The Morgan fingerprint density at radius 3 is 2.67 bits per heavy atom. The summed E-state index contributed by atoms with van der Waals surface area (Å²) >= 11 is 0. The van der Waals surface area contributed by atoms with Crippen LogP contribution in [0.5, 0.6) is 0 Å². The molecule has 0 N–H and O–H groups in total. The van der Waals surface area contributed by atoms with Crippen LogP contribution in [0.1, 0.15) is 53.4 Å². The van der Waals surface area contributed by atoms with Gasteiger partial charge in [0.25, 0.3) is 0 Å². The predicted molar refractivity (Wildman–Crippen MR) is 64.7 cm³/mol. The summed E-state index contributed by atoms with van der Waals surface area (Å²) < 4.78 is 0. The fraction of sp³-hybridized carbons (Fsp3) is 0.786. The van der Waals surface area contributed by atoms with Gasteiger partial charge in [0, 0.05) is 5.92 Å². The van der Waals surface area contributed by atoms with Gasteiger partial charge >= 0.3 is 0 Å². The smallest absolute Gasteiger partial charge is 0.159 e. The highest BCUT2D eigenvalue weighted by atomic mass is 16.1. The second kappa shape index (κ2) is 4.96. The van der Waals surface area contributed by atoms with E-state index >= 15 is 0 Å². The number of ketones is 1. The zero-order valence-corrected chi connectivity index (χ0v) is 10.5. The van der Waals surface area contributed by atoms with E-state index in [4.69, 9.17) is 0 Å². The molecule has 0 amide bonds.